The summed E-state index contributed by atoms with van der Waals surface area (Å²) in [6.45, 7) is 2.43. The highest BCUT2D eigenvalue weighted by molar-refractivity contribution is 6.31. The Morgan fingerprint density at radius 1 is 1.11 bits per heavy atom. The predicted octanol–water partition coefficient (Wildman–Crippen LogP) is 3.89. The Morgan fingerprint density at radius 3 is 2.57 bits per heavy atom. The van der Waals surface area contributed by atoms with Gasteiger partial charge in [-0.15, -0.1) is 0 Å². The van der Waals surface area contributed by atoms with E-state index < -0.39 is 5.97 Å². The molecule has 2 aromatic rings. The van der Waals surface area contributed by atoms with Gasteiger partial charge in [0.25, 0.3) is 5.91 Å². The van der Waals surface area contributed by atoms with Crippen molar-refractivity contribution in [2.75, 3.05) is 26.3 Å². The Bertz CT molecular complexity index is 879. The van der Waals surface area contributed by atoms with E-state index in [-0.39, 0.29) is 19.1 Å². The van der Waals surface area contributed by atoms with E-state index in [1.54, 1.807) is 23.1 Å². The van der Waals surface area contributed by atoms with E-state index in [9.17, 15) is 9.59 Å². The summed E-state index contributed by atoms with van der Waals surface area (Å²) in [5, 5.41) is 0.631. The topological polar surface area (TPSA) is 55.8 Å². The fraction of sp³-hybridized carbons (Fsp3) is 0.273. The molecule has 0 unspecified atom stereocenters. The number of nitrogens with zero attached hydrogens (tertiary/aromatic N) is 1. The van der Waals surface area contributed by atoms with Gasteiger partial charge in [-0.25, -0.2) is 4.79 Å². The Morgan fingerprint density at radius 2 is 1.89 bits per heavy atom. The van der Waals surface area contributed by atoms with Crippen LogP contribution in [0.15, 0.2) is 54.6 Å². The molecule has 0 radical (unpaired) electrons. The van der Waals surface area contributed by atoms with Crippen molar-refractivity contribution in [1.82, 2.24) is 4.90 Å². The summed E-state index contributed by atoms with van der Waals surface area (Å²) >= 11 is 5.95. The molecule has 0 atom stereocenters. The summed E-state index contributed by atoms with van der Waals surface area (Å²) in [6, 6.07) is 15.2. The average Bonchev–Trinajstić information content (AvgIpc) is 2.73. The zero-order valence-corrected chi connectivity index (χ0v) is 16.4. The first kappa shape index (κ1) is 20.0. The molecule has 0 bridgehead atoms. The molecule has 3 rings (SSSR count). The lowest BCUT2D eigenvalue weighted by Crippen LogP contribution is -2.38. The molecule has 2 aromatic carbocycles. The standard InChI is InChI=1S/C22H22ClNO4/c1-16-13-19(7-8-20(16)23)27-15-22(26)28-14-21(25)24-11-9-18(10-12-24)17-5-3-2-4-6-17/h2-9,13H,10-12,14-15H2,1H3. The quantitative estimate of drug-likeness (QED) is 0.691. The smallest absolute Gasteiger partial charge is 0.344 e. The normalized spacial score (nSPS) is 13.6. The minimum atomic E-state index is -0.585. The fourth-order valence-corrected chi connectivity index (χ4v) is 3.05. The highest BCUT2D eigenvalue weighted by Gasteiger charge is 2.19. The number of rotatable bonds is 6. The number of esters is 1. The third-order valence-corrected chi connectivity index (χ3v) is 4.97. The maximum Gasteiger partial charge on any atom is 0.344 e. The zero-order valence-electron chi connectivity index (χ0n) is 15.7. The van der Waals surface area contributed by atoms with Crippen LogP contribution in [-0.2, 0) is 14.3 Å². The van der Waals surface area contributed by atoms with Gasteiger partial charge in [-0.2, -0.15) is 0 Å². The maximum absolute atomic E-state index is 12.3. The fourth-order valence-electron chi connectivity index (χ4n) is 2.93. The lowest BCUT2D eigenvalue weighted by molar-refractivity contribution is -0.153. The zero-order chi connectivity index (χ0) is 19.9. The minimum Gasteiger partial charge on any atom is -0.482 e. The summed E-state index contributed by atoms with van der Waals surface area (Å²) in [5.41, 5.74) is 3.26. The molecule has 1 aliphatic heterocycles. The van der Waals surface area contributed by atoms with Gasteiger partial charge in [0.1, 0.15) is 5.75 Å². The highest BCUT2D eigenvalue weighted by atomic mass is 35.5. The van der Waals surface area contributed by atoms with Crippen molar-refractivity contribution >= 4 is 29.1 Å². The molecule has 0 aromatic heterocycles. The first-order valence-electron chi connectivity index (χ1n) is 9.10. The monoisotopic (exact) mass is 399 g/mol. The number of amides is 1. The van der Waals surface area contributed by atoms with Crippen LogP contribution in [0.5, 0.6) is 5.75 Å². The van der Waals surface area contributed by atoms with Gasteiger partial charge in [-0.3, -0.25) is 4.79 Å². The SMILES string of the molecule is Cc1cc(OCC(=O)OCC(=O)N2CC=C(c3ccccc3)CC2)ccc1Cl. The van der Waals surface area contributed by atoms with Gasteiger partial charge in [0.05, 0.1) is 0 Å². The Balaban J connectivity index is 1.42. The van der Waals surface area contributed by atoms with E-state index in [1.807, 2.05) is 31.2 Å². The summed E-state index contributed by atoms with van der Waals surface area (Å²) in [6.07, 6.45) is 2.83. The van der Waals surface area contributed by atoms with Crippen molar-refractivity contribution < 1.29 is 19.1 Å². The Hall–Kier alpha value is -2.79. The van der Waals surface area contributed by atoms with Crippen LogP contribution in [0.2, 0.25) is 5.02 Å². The molecule has 0 saturated carbocycles. The molecule has 6 heteroatoms. The number of carbonyl (C=O) groups is 2. The Kier molecular flexibility index (Phi) is 6.71. The molecule has 5 nitrogen and oxygen atoms in total. The second-order valence-corrected chi connectivity index (χ2v) is 6.95. The molecule has 0 fully saturated rings. The molecular weight excluding hydrogens is 378 g/mol. The summed E-state index contributed by atoms with van der Waals surface area (Å²) in [4.78, 5) is 25.8. The number of halogens is 1. The maximum atomic E-state index is 12.3. The van der Waals surface area contributed by atoms with Crippen LogP contribution in [0.4, 0.5) is 0 Å². The van der Waals surface area contributed by atoms with Crippen molar-refractivity contribution in [3.63, 3.8) is 0 Å². The van der Waals surface area contributed by atoms with Crippen molar-refractivity contribution in [2.24, 2.45) is 0 Å². The van der Waals surface area contributed by atoms with Gasteiger partial charge in [0.2, 0.25) is 0 Å². The van der Waals surface area contributed by atoms with Gasteiger partial charge in [0, 0.05) is 18.1 Å². The van der Waals surface area contributed by atoms with Gasteiger partial charge in [-0.1, -0.05) is 48.0 Å². The highest BCUT2D eigenvalue weighted by Crippen LogP contribution is 2.22. The summed E-state index contributed by atoms with van der Waals surface area (Å²) in [5.74, 6) is -0.266. The minimum absolute atomic E-state index is 0.209. The number of carbonyl (C=O) groups excluding carboxylic acids is 2. The molecule has 0 saturated heterocycles. The lowest BCUT2D eigenvalue weighted by Gasteiger charge is -2.26. The van der Waals surface area contributed by atoms with Gasteiger partial charge < -0.3 is 14.4 Å². The largest absolute Gasteiger partial charge is 0.482 e. The molecule has 1 amide bonds. The van der Waals surface area contributed by atoms with Crippen LogP contribution in [0.3, 0.4) is 0 Å². The molecule has 0 spiro atoms. The second kappa shape index (κ2) is 9.42. The average molecular weight is 400 g/mol. The van der Waals surface area contributed by atoms with E-state index in [0.29, 0.717) is 23.9 Å². The molecule has 0 N–H and O–H groups in total. The molecule has 146 valence electrons. The van der Waals surface area contributed by atoms with E-state index in [4.69, 9.17) is 21.1 Å². The number of hydrogen-bond acceptors (Lipinski definition) is 4. The lowest BCUT2D eigenvalue weighted by atomic mass is 10.00. The van der Waals surface area contributed by atoms with Crippen LogP contribution >= 0.6 is 11.6 Å². The molecule has 1 aliphatic rings. The molecule has 1 heterocycles. The van der Waals surface area contributed by atoms with Crippen LogP contribution in [0.1, 0.15) is 17.5 Å². The van der Waals surface area contributed by atoms with E-state index >= 15 is 0 Å². The molecule has 28 heavy (non-hydrogen) atoms. The Labute approximate surface area is 169 Å². The van der Waals surface area contributed by atoms with Crippen molar-refractivity contribution in [3.8, 4) is 5.75 Å². The number of ether oxygens (including phenoxy) is 2. The van der Waals surface area contributed by atoms with Crippen LogP contribution in [0, 0.1) is 6.92 Å². The second-order valence-electron chi connectivity index (χ2n) is 6.55. The van der Waals surface area contributed by atoms with Crippen molar-refractivity contribution in [1.29, 1.82) is 0 Å². The summed E-state index contributed by atoms with van der Waals surface area (Å²) < 4.78 is 10.4. The van der Waals surface area contributed by atoms with Crippen molar-refractivity contribution in [2.45, 2.75) is 13.3 Å². The third-order valence-electron chi connectivity index (χ3n) is 4.55. The van der Waals surface area contributed by atoms with Crippen molar-refractivity contribution in [3.05, 3.63) is 70.8 Å². The third kappa shape index (κ3) is 5.36. The van der Waals surface area contributed by atoms with Crippen LogP contribution in [-0.4, -0.2) is 43.1 Å². The van der Waals surface area contributed by atoms with Gasteiger partial charge >= 0.3 is 5.97 Å². The van der Waals surface area contributed by atoms with Gasteiger partial charge in [-0.05, 0) is 48.2 Å². The van der Waals surface area contributed by atoms with E-state index in [0.717, 1.165) is 12.0 Å². The molecular formula is C22H22ClNO4. The van der Waals surface area contributed by atoms with Crippen LogP contribution in [0.25, 0.3) is 5.57 Å². The number of benzene rings is 2. The summed E-state index contributed by atoms with van der Waals surface area (Å²) in [7, 11) is 0. The van der Waals surface area contributed by atoms with E-state index in [2.05, 4.69) is 12.1 Å². The van der Waals surface area contributed by atoms with E-state index in [1.165, 1.54) is 11.1 Å². The van der Waals surface area contributed by atoms with Crippen LogP contribution < -0.4 is 4.74 Å². The number of hydrogen-bond donors (Lipinski definition) is 0. The first-order valence-corrected chi connectivity index (χ1v) is 9.47. The van der Waals surface area contributed by atoms with Gasteiger partial charge in [0.15, 0.2) is 13.2 Å². The number of aryl methyl sites for hydroxylation is 1. The molecule has 0 aliphatic carbocycles. The predicted molar refractivity (Wildman–Crippen MR) is 108 cm³/mol. The first-order chi connectivity index (χ1) is 13.5.